The molecule has 0 aromatic carbocycles. The van der Waals surface area contributed by atoms with Crippen molar-refractivity contribution in [3.63, 3.8) is 0 Å². The molecule has 0 aromatic rings. The molecule has 0 aromatic heterocycles. The maximum absolute atomic E-state index is 6.89. The first-order chi connectivity index (χ1) is 5.72. The van der Waals surface area contributed by atoms with Crippen molar-refractivity contribution in [1.82, 2.24) is 0 Å². The summed E-state index contributed by atoms with van der Waals surface area (Å²) >= 11 is 0. The molecule has 0 aliphatic carbocycles. The third-order valence-corrected chi connectivity index (χ3v) is 1.67. The monoisotopic (exact) mass is 163 g/mol. The predicted molar refractivity (Wildman–Crippen MR) is 55.7 cm³/mol. The molecule has 1 N–H and O–H groups in total. The van der Waals surface area contributed by atoms with Crippen molar-refractivity contribution in [3.8, 4) is 0 Å². The largest absolute Gasteiger partial charge is 0.309 e. The molecule has 0 fully saturated rings. The van der Waals surface area contributed by atoms with E-state index in [9.17, 15) is 0 Å². The second-order valence-electron chi connectivity index (χ2n) is 2.70. The minimum absolute atomic E-state index is 1.07. The van der Waals surface area contributed by atoms with Crippen LogP contribution in [0.15, 0.2) is 35.5 Å². The molecule has 1 heteroatoms. The molecule has 0 bridgehead atoms. The maximum atomic E-state index is 6.89. The van der Waals surface area contributed by atoms with Gasteiger partial charge in [-0.15, -0.1) is 0 Å². The lowest BCUT2D eigenvalue weighted by atomic mass is 10.1. The Bertz CT molecular complexity index is 219. The van der Waals surface area contributed by atoms with Gasteiger partial charge < -0.3 is 5.41 Å². The van der Waals surface area contributed by atoms with Gasteiger partial charge in [-0.05, 0) is 37.5 Å². The summed E-state index contributed by atoms with van der Waals surface area (Å²) in [4.78, 5) is 0. The summed E-state index contributed by atoms with van der Waals surface area (Å²) in [6, 6.07) is 0. The van der Waals surface area contributed by atoms with Gasteiger partial charge in [0.1, 0.15) is 0 Å². The zero-order chi connectivity index (χ0) is 9.40. The van der Waals surface area contributed by atoms with Crippen LogP contribution in [0.25, 0.3) is 0 Å². The Morgan fingerprint density at radius 2 is 1.75 bits per heavy atom. The molecular formula is C11H17N. The van der Waals surface area contributed by atoms with Crippen molar-refractivity contribution in [1.29, 1.82) is 5.41 Å². The second kappa shape index (κ2) is 6.59. The number of rotatable bonds is 4. The van der Waals surface area contributed by atoms with Crippen LogP contribution in [-0.2, 0) is 0 Å². The molecule has 0 saturated carbocycles. The van der Waals surface area contributed by atoms with E-state index < -0.39 is 0 Å². The van der Waals surface area contributed by atoms with Gasteiger partial charge in [0.15, 0.2) is 0 Å². The van der Waals surface area contributed by atoms with Gasteiger partial charge in [0.05, 0.1) is 0 Å². The molecule has 0 radical (unpaired) electrons. The smallest absolute Gasteiger partial charge is 0.0180 e. The third-order valence-electron chi connectivity index (χ3n) is 1.67. The molecule has 12 heavy (non-hydrogen) atoms. The summed E-state index contributed by atoms with van der Waals surface area (Å²) in [5.74, 6) is 0. The van der Waals surface area contributed by atoms with E-state index in [2.05, 4.69) is 32.1 Å². The highest BCUT2D eigenvalue weighted by molar-refractivity contribution is 5.70. The van der Waals surface area contributed by atoms with Crippen molar-refractivity contribution in [2.24, 2.45) is 0 Å². The lowest BCUT2D eigenvalue weighted by Gasteiger charge is -1.96. The molecular weight excluding hydrogens is 146 g/mol. The summed E-state index contributed by atoms with van der Waals surface area (Å²) in [6.07, 6.45) is 10.4. The molecule has 0 heterocycles. The summed E-state index contributed by atoms with van der Waals surface area (Å²) < 4.78 is 0. The minimum atomic E-state index is 1.07. The van der Waals surface area contributed by atoms with E-state index in [0.717, 1.165) is 12.0 Å². The van der Waals surface area contributed by atoms with Crippen LogP contribution in [0.1, 0.15) is 27.2 Å². The van der Waals surface area contributed by atoms with Gasteiger partial charge in [-0.2, -0.15) is 0 Å². The molecule has 0 spiro atoms. The van der Waals surface area contributed by atoms with E-state index in [1.54, 1.807) is 6.08 Å². The van der Waals surface area contributed by atoms with Crippen LogP contribution in [0, 0.1) is 5.41 Å². The van der Waals surface area contributed by atoms with E-state index in [0.29, 0.717) is 0 Å². The van der Waals surface area contributed by atoms with Crippen molar-refractivity contribution in [2.75, 3.05) is 0 Å². The molecule has 0 amide bonds. The Kier molecular flexibility index (Phi) is 5.98. The highest BCUT2D eigenvalue weighted by Crippen LogP contribution is 2.06. The average Bonchev–Trinajstić information content (AvgIpc) is 2.05. The molecule has 0 rings (SSSR count). The number of hydrogen-bond acceptors (Lipinski definition) is 1. The van der Waals surface area contributed by atoms with Crippen molar-refractivity contribution in [3.05, 3.63) is 35.5 Å². The van der Waals surface area contributed by atoms with E-state index in [-0.39, 0.29) is 0 Å². The van der Waals surface area contributed by atoms with Crippen LogP contribution in [0.3, 0.4) is 0 Å². The minimum Gasteiger partial charge on any atom is -0.309 e. The predicted octanol–water partition coefficient (Wildman–Crippen LogP) is 3.49. The molecule has 66 valence electrons. The fourth-order valence-corrected chi connectivity index (χ4v) is 0.736. The molecule has 1 nitrogen and oxygen atoms in total. The lowest BCUT2D eigenvalue weighted by Crippen LogP contribution is -1.78. The highest BCUT2D eigenvalue weighted by Gasteiger charge is 1.87. The molecule has 0 unspecified atom stereocenters. The Morgan fingerprint density at radius 3 is 2.25 bits per heavy atom. The summed E-state index contributed by atoms with van der Waals surface area (Å²) in [5, 5.41) is 6.89. The standard InChI is InChI=1S/C11H17N/c1-4-5-6-7-10(2)11(3)8-9-12/h5-9,12H,4H2,1-3H3/b6-5-,10-7-,11-8+,12-9?. The average molecular weight is 163 g/mol. The number of hydrogen-bond donors (Lipinski definition) is 1. The van der Waals surface area contributed by atoms with Crippen LogP contribution in [0.2, 0.25) is 0 Å². The van der Waals surface area contributed by atoms with Crippen LogP contribution in [-0.4, -0.2) is 6.21 Å². The van der Waals surface area contributed by atoms with Gasteiger partial charge in [-0.25, -0.2) is 0 Å². The van der Waals surface area contributed by atoms with Crippen LogP contribution in [0.5, 0.6) is 0 Å². The topological polar surface area (TPSA) is 23.9 Å². The number of nitrogens with one attached hydrogen (secondary N) is 1. The van der Waals surface area contributed by atoms with Crippen LogP contribution < -0.4 is 0 Å². The van der Waals surface area contributed by atoms with Gasteiger partial charge in [-0.1, -0.05) is 25.2 Å². The zero-order valence-corrected chi connectivity index (χ0v) is 8.09. The van der Waals surface area contributed by atoms with Crippen LogP contribution in [0.4, 0.5) is 0 Å². The summed E-state index contributed by atoms with van der Waals surface area (Å²) in [6.45, 7) is 6.17. The second-order valence-corrected chi connectivity index (χ2v) is 2.70. The Balaban J connectivity index is 4.26. The van der Waals surface area contributed by atoms with Crippen molar-refractivity contribution < 1.29 is 0 Å². The van der Waals surface area contributed by atoms with Crippen molar-refractivity contribution in [2.45, 2.75) is 27.2 Å². The molecule has 0 aliphatic rings. The molecule has 0 saturated heterocycles. The third kappa shape index (κ3) is 4.67. The molecule has 0 atom stereocenters. The number of allylic oxidation sites excluding steroid dienone is 6. The zero-order valence-electron chi connectivity index (χ0n) is 8.09. The van der Waals surface area contributed by atoms with Gasteiger partial charge >= 0.3 is 0 Å². The molecule has 0 aliphatic heterocycles. The fourth-order valence-electron chi connectivity index (χ4n) is 0.736. The Labute approximate surface area is 75.0 Å². The van der Waals surface area contributed by atoms with E-state index in [1.807, 2.05) is 6.92 Å². The van der Waals surface area contributed by atoms with E-state index in [1.165, 1.54) is 11.8 Å². The van der Waals surface area contributed by atoms with Gasteiger partial charge in [0.25, 0.3) is 0 Å². The quantitative estimate of drug-likeness (QED) is 0.484. The fraction of sp³-hybridized carbons (Fsp3) is 0.364. The lowest BCUT2D eigenvalue weighted by molar-refractivity contribution is 1.22. The van der Waals surface area contributed by atoms with Gasteiger partial charge in [0.2, 0.25) is 0 Å². The summed E-state index contributed by atoms with van der Waals surface area (Å²) in [5.41, 5.74) is 2.36. The first-order valence-corrected chi connectivity index (χ1v) is 4.23. The van der Waals surface area contributed by atoms with Crippen molar-refractivity contribution >= 4 is 6.21 Å². The first-order valence-electron chi connectivity index (χ1n) is 4.23. The maximum Gasteiger partial charge on any atom is 0.0180 e. The Morgan fingerprint density at radius 1 is 1.17 bits per heavy atom. The SMILES string of the molecule is CC\C=C/C=C(C)\C(C)=C\C=N. The highest BCUT2D eigenvalue weighted by atomic mass is 14.3. The Hall–Kier alpha value is -1.11. The summed E-state index contributed by atoms with van der Waals surface area (Å²) in [7, 11) is 0. The van der Waals surface area contributed by atoms with Crippen LogP contribution >= 0.6 is 0 Å². The first kappa shape index (κ1) is 10.9. The van der Waals surface area contributed by atoms with Gasteiger partial charge in [0, 0.05) is 6.21 Å². The van der Waals surface area contributed by atoms with Gasteiger partial charge in [-0.3, -0.25) is 0 Å². The normalized spacial score (nSPS) is 13.9. The van der Waals surface area contributed by atoms with E-state index >= 15 is 0 Å². The van der Waals surface area contributed by atoms with E-state index in [4.69, 9.17) is 5.41 Å².